The summed E-state index contributed by atoms with van der Waals surface area (Å²) in [5, 5.41) is 0. The van der Waals surface area contributed by atoms with Crippen LogP contribution in [0.25, 0.3) is 0 Å². The number of rotatable bonds is 6. The third-order valence-electron chi connectivity index (χ3n) is 4.51. The van der Waals surface area contributed by atoms with Crippen molar-refractivity contribution in [3.05, 3.63) is 0 Å². The maximum absolute atomic E-state index is 11.7. The van der Waals surface area contributed by atoms with Gasteiger partial charge < -0.3 is 4.90 Å². The Hall–Kier alpha value is -0.410. The highest BCUT2D eigenvalue weighted by atomic mass is 16.1. The van der Waals surface area contributed by atoms with E-state index in [0.717, 1.165) is 25.0 Å². The highest BCUT2D eigenvalue weighted by Gasteiger charge is 2.39. The Morgan fingerprint density at radius 3 is 2.28 bits per heavy atom. The van der Waals surface area contributed by atoms with Gasteiger partial charge >= 0.3 is 0 Å². The summed E-state index contributed by atoms with van der Waals surface area (Å²) in [5.74, 6) is 0.620. The summed E-state index contributed by atoms with van der Waals surface area (Å²) in [6.45, 7) is 11.0. The summed E-state index contributed by atoms with van der Waals surface area (Å²) in [6, 6.07) is 1.44. The van der Waals surface area contributed by atoms with Crippen LogP contribution in [-0.2, 0) is 4.79 Å². The van der Waals surface area contributed by atoms with E-state index in [9.17, 15) is 4.79 Å². The summed E-state index contributed by atoms with van der Waals surface area (Å²) in [5.41, 5.74) is 0. The van der Waals surface area contributed by atoms with Crippen molar-refractivity contribution in [2.24, 2.45) is 5.92 Å². The third kappa shape index (κ3) is 3.12. The van der Waals surface area contributed by atoms with Crippen LogP contribution in [0.2, 0.25) is 0 Å². The molecule has 3 heteroatoms. The van der Waals surface area contributed by atoms with Crippen molar-refractivity contribution >= 4 is 5.78 Å². The highest BCUT2D eigenvalue weighted by Crippen LogP contribution is 2.30. The lowest BCUT2D eigenvalue weighted by atomic mass is 10.1. The number of hydrogen-bond donors (Lipinski definition) is 0. The second-order valence-electron chi connectivity index (χ2n) is 6.25. The molecule has 2 fully saturated rings. The van der Waals surface area contributed by atoms with Crippen LogP contribution in [-0.4, -0.2) is 53.8 Å². The van der Waals surface area contributed by atoms with Crippen LogP contribution in [0.15, 0.2) is 0 Å². The highest BCUT2D eigenvalue weighted by molar-refractivity contribution is 5.80. The van der Waals surface area contributed by atoms with Crippen molar-refractivity contribution in [2.75, 3.05) is 26.2 Å². The van der Waals surface area contributed by atoms with Crippen molar-refractivity contribution in [1.29, 1.82) is 0 Å². The zero-order valence-corrected chi connectivity index (χ0v) is 12.2. The molecule has 0 aromatic rings. The van der Waals surface area contributed by atoms with Gasteiger partial charge in [0.25, 0.3) is 0 Å². The molecule has 18 heavy (non-hydrogen) atoms. The second kappa shape index (κ2) is 6.16. The van der Waals surface area contributed by atoms with E-state index in [1.165, 1.54) is 38.9 Å². The van der Waals surface area contributed by atoms with E-state index < -0.39 is 0 Å². The number of hydrogen-bond acceptors (Lipinski definition) is 3. The fourth-order valence-electron chi connectivity index (χ4n) is 3.47. The molecule has 0 aromatic heterocycles. The molecule has 2 saturated heterocycles. The Balaban J connectivity index is 1.83. The minimum absolute atomic E-state index is 0.198. The smallest absolute Gasteiger partial charge is 0.136 e. The predicted molar refractivity (Wildman–Crippen MR) is 74.7 cm³/mol. The third-order valence-corrected chi connectivity index (χ3v) is 4.51. The monoisotopic (exact) mass is 252 g/mol. The number of carbonyl (C=O) groups is 1. The molecule has 0 aliphatic carbocycles. The molecule has 2 atom stereocenters. The summed E-state index contributed by atoms with van der Waals surface area (Å²) in [4.78, 5) is 17.0. The summed E-state index contributed by atoms with van der Waals surface area (Å²) in [7, 11) is 0. The normalized spacial score (nSPS) is 29.1. The largest absolute Gasteiger partial charge is 0.300 e. The van der Waals surface area contributed by atoms with E-state index in [2.05, 4.69) is 16.7 Å². The van der Waals surface area contributed by atoms with Crippen LogP contribution >= 0.6 is 0 Å². The summed E-state index contributed by atoms with van der Waals surface area (Å²) < 4.78 is 0. The number of Topliss-reactive ketones (excluding diaryl/α,β-unsaturated/α-hetero) is 1. The molecule has 2 heterocycles. The van der Waals surface area contributed by atoms with Crippen molar-refractivity contribution < 1.29 is 4.79 Å². The molecule has 2 aliphatic rings. The van der Waals surface area contributed by atoms with Gasteiger partial charge in [-0.1, -0.05) is 20.8 Å². The first-order valence-corrected chi connectivity index (χ1v) is 7.62. The molecule has 2 unspecified atom stereocenters. The molecule has 2 bridgehead atoms. The minimum atomic E-state index is 0.198. The van der Waals surface area contributed by atoms with Gasteiger partial charge in [-0.15, -0.1) is 0 Å². The predicted octanol–water partition coefficient (Wildman–Crippen LogP) is 2.16. The van der Waals surface area contributed by atoms with E-state index in [-0.39, 0.29) is 5.92 Å². The van der Waals surface area contributed by atoms with Crippen LogP contribution in [0.1, 0.15) is 46.5 Å². The van der Waals surface area contributed by atoms with Gasteiger partial charge in [0.2, 0.25) is 0 Å². The van der Waals surface area contributed by atoms with Crippen LogP contribution in [0.5, 0.6) is 0 Å². The molecular formula is C15H28N2O. The summed E-state index contributed by atoms with van der Waals surface area (Å²) >= 11 is 0. The second-order valence-corrected chi connectivity index (χ2v) is 6.25. The Bertz CT molecular complexity index is 276. The van der Waals surface area contributed by atoms with Crippen LogP contribution in [0.3, 0.4) is 0 Å². The Kier molecular flexibility index (Phi) is 4.79. The molecule has 0 N–H and O–H groups in total. The molecule has 0 amide bonds. The van der Waals surface area contributed by atoms with E-state index in [4.69, 9.17) is 0 Å². The van der Waals surface area contributed by atoms with Gasteiger partial charge in [0, 0.05) is 44.1 Å². The molecular weight excluding hydrogens is 224 g/mol. The number of ketones is 1. The number of fused-ring (bicyclic) bond motifs is 2. The maximum Gasteiger partial charge on any atom is 0.136 e. The molecule has 2 aliphatic heterocycles. The lowest BCUT2D eigenvalue weighted by Crippen LogP contribution is -2.54. The topological polar surface area (TPSA) is 23.6 Å². The van der Waals surface area contributed by atoms with Gasteiger partial charge in [0.1, 0.15) is 5.78 Å². The fourth-order valence-corrected chi connectivity index (χ4v) is 3.47. The number of carbonyl (C=O) groups excluding carboxylic acids is 1. The fraction of sp³-hybridized carbons (Fsp3) is 0.933. The molecule has 0 spiro atoms. The number of nitrogens with zero attached hydrogens (tertiary/aromatic N) is 2. The van der Waals surface area contributed by atoms with Gasteiger partial charge in [-0.3, -0.25) is 9.69 Å². The SMILES string of the molecule is CCCN1CC2CCC(C1)N2CCC(=O)C(C)C. The van der Waals surface area contributed by atoms with Crippen molar-refractivity contribution in [3.8, 4) is 0 Å². The van der Waals surface area contributed by atoms with Gasteiger partial charge in [0.15, 0.2) is 0 Å². The number of piperazine rings is 1. The zero-order valence-electron chi connectivity index (χ0n) is 12.2. The van der Waals surface area contributed by atoms with Crippen LogP contribution in [0, 0.1) is 5.92 Å². The molecule has 104 valence electrons. The van der Waals surface area contributed by atoms with E-state index in [1.54, 1.807) is 0 Å². The van der Waals surface area contributed by atoms with Gasteiger partial charge in [-0.25, -0.2) is 0 Å². The average molecular weight is 252 g/mol. The van der Waals surface area contributed by atoms with E-state index in [0.29, 0.717) is 5.78 Å². The zero-order chi connectivity index (χ0) is 13.1. The molecule has 0 radical (unpaired) electrons. The van der Waals surface area contributed by atoms with Crippen LogP contribution in [0.4, 0.5) is 0 Å². The average Bonchev–Trinajstić information content (AvgIpc) is 2.57. The van der Waals surface area contributed by atoms with Crippen molar-refractivity contribution in [2.45, 2.75) is 58.5 Å². The Labute approximate surface area is 112 Å². The Morgan fingerprint density at radius 1 is 1.17 bits per heavy atom. The molecule has 3 nitrogen and oxygen atoms in total. The molecule has 0 aromatic carbocycles. The summed E-state index contributed by atoms with van der Waals surface area (Å²) in [6.07, 6.45) is 4.67. The lowest BCUT2D eigenvalue weighted by molar-refractivity contribution is -0.122. The van der Waals surface area contributed by atoms with Gasteiger partial charge in [-0.05, 0) is 25.8 Å². The Morgan fingerprint density at radius 2 is 1.78 bits per heavy atom. The standard InChI is InChI=1S/C15H28N2O/c1-4-8-16-10-13-5-6-14(11-16)17(13)9-7-15(18)12(2)3/h12-14H,4-11H2,1-3H3. The minimum Gasteiger partial charge on any atom is -0.300 e. The van der Waals surface area contributed by atoms with Crippen LogP contribution < -0.4 is 0 Å². The maximum atomic E-state index is 11.7. The van der Waals surface area contributed by atoms with Crippen molar-refractivity contribution in [3.63, 3.8) is 0 Å². The first kappa shape index (κ1) is 14.0. The first-order valence-electron chi connectivity index (χ1n) is 7.62. The first-order chi connectivity index (χ1) is 8.61. The van der Waals surface area contributed by atoms with Gasteiger partial charge in [-0.2, -0.15) is 0 Å². The van der Waals surface area contributed by atoms with E-state index >= 15 is 0 Å². The number of likely N-dealkylation sites (tertiary alicyclic amines) is 1. The van der Waals surface area contributed by atoms with Gasteiger partial charge in [0.05, 0.1) is 0 Å². The molecule has 2 rings (SSSR count). The lowest BCUT2D eigenvalue weighted by Gasteiger charge is -2.41. The van der Waals surface area contributed by atoms with E-state index in [1.807, 2.05) is 13.8 Å². The quantitative estimate of drug-likeness (QED) is 0.724. The van der Waals surface area contributed by atoms with Crippen molar-refractivity contribution in [1.82, 2.24) is 9.80 Å². The molecule has 0 saturated carbocycles.